The molecule has 9 heteroatoms. The van der Waals surface area contributed by atoms with Crippen molar-refractivity contribution >= 4 is 23.4 Å². The lowest BCUT2D eigenvalue weighted by Gasteiger charge is -2.25. The molecule has 0 unspecified atom stereocenters. The van der Waals surface area contributed by atoms with E-state index in [4.69, 9.17) is 18.9 Å². The molecule has 0 bridgehead atoms. The van der Waals surface area contributed by atoms with Gasteiger partial charge in [-0.2, -0.15) is 0 Å². The highest BCUT2D eigenvalue weighted by molar-refractivity contribution is 7.07. The zero-order valence-electron chi connectivity index (χ0n) is 22.4. The second-order valence-electron chi connectivity index (χ2n) is 8.88. The monoisotopic (exact) mass is 536 g/mol. The van der Waals surface area contributed by atoms with Crippen molar-refractivity contribution in [3.05, 3.63) is 84.5 Å². The maximum atomic E-state index is 13.8. The molecule has 38 heavy (non-hydrogen) atoms. The Hall–Kier alpha value is -3.85. The van der Waals surface area contributed by atoms with Gasteiger partial charge in [0, 0.05) is 0 Å². The van der Waals surface area contributed by atoms with E-state index in [0.717, 1.165) is 11.1 Å². The number of aromatic nitrogens is 1. The molecular weight excluding hydrogens is 504 g/mol. The highest BCUT2D eigenvalue weighted by Crippen LogP contribution is 2.32. The predicted octanol–water partition coefficient (Wildman–Crippen LogP) is 3.99. The van der Waals surface area contributed by atoms with Crippen LogP contribution in [0.1, 0.15) is 51.8 Å². The largest absolute Gasteiger partial charge is 0.493 e. The number of methoxy groups -OCH3 is 1. The summed E-state index contributed by atoms with van der Waals surface area (Å²) in [4.78, 5) is 32.0. The molecule has 2 heterocycles. The minimum Gasteiger partial charge on any atom is -0.493 e. The first kappa shape index (κ1) is 27.2. The van der Waals surface area contributed by atoms with Crippen LogP contribution in [0.4, 0.5) is 0 Å². The fourth-order valence-corrected chi connectivity index (χ4v) is 5.36. The highest BCUT2D eigenvalue weighted by Gasteiger charge is 2.33. The number of allylic oxidation sites excluding steroid dienone is 1. The van der Waals surface area contributed by atoms with Gasteiger partial charge in [-0.15, -0.1) is 0 Å². The smallest absolute Gasteiger partial charge is 0.338 e. The van der Waals surface area contributed by atoms with Gasteiger partial charge in [-0.3, -0.25) is 9.36 Å². The molecule has 0 saturated heterocycles. The average Bonchev–Trinajstić information content (AvgIpc) is 3.18. The summed E-state index contributed by atoms with van der Waals surface area (Å²) in [5, 5.41) is 0. The van der Waals surface area contributed by atoms with E-state index in [9.17, 15) is 9.59 Å². The van der Waals surface area contributed by atoms with Crippen molar-refractivity contribution in [2.75, 3.05) is 20.3 Å². The molecule has 1 aliphatic rings. The molecule has 0 aliphatic carbocycles. The third-order valence-electron chi connectivity index (χ3n) is 5.87. The van der Waals surface area contributed by atoms with Gasteiger partial charge in [0.1, 0.15) is 5.75 Å². The van der Waals surface area contributed by atoms with E-state index in [1.165, 1.54) is 11.3 Å². The molecule has 0 saturated carbocycles. The summed E-state index contributed by atoms with van der Waals surface area (Å²) in [7, 11) is 1.58. The van der Waals surface area contributed by atoms with Gasteiger partial charge in [0.25, 0.3) is 5.56 Å². The first-order valence-corrected chi connectivity index (χ1v) is 13.4. The number of nitrogens with zero attached hydrogens (tertiary/aromatic N) is 2. The molecular formula is C29H32N2O6S. The van der Waals surface area contributed by atoms with Gasteiger partial charge < -0.3 is 18.9 Å². The van der Waals surface area contributed by atoms with Gasteiger partial charge in [0.05, 0.1) is 48.3 Å². The number of rotatable bonds is 9. The Bertz CT molecular complexity index is 1530. The molecule has 0 fully saturated rings. The number of ether oxygens (including phenoxy) is 4. The Morgan fingerprint density at radius 3 is 2.47 bits per heavy atom. The van der Waals surface area contributed by atoms with Crippen LogP contribution in [-0.2, 0) is 9.53 Å². The molecule has 3 aromatic rings. The van der Waals surface area contributed by atoms with Crippen molar-refractivity contribution in [1.29, 1.82) is 0 Å². The lowest BCUT2D eigenvalue weighted by atomic mass is 9.96. The third-order valence-corrected chi connectivity index (χ3v) is 6.85. The number of hydrogen-bond acceptors (Lipinski definition) is 8. The Morgan fingerprint density at radius 1 is 1.11 bits per heavy atom. The van der Waals surface area contributed by atoms with Gasteiger partial charge in [-0.05, 0) is 76.1 Å². The van der Waals surface area contributed by atoms with E-state index in [0.29, 0.717) is 44.5 Å². The molecule has 0 amide bonds. The van der Waals surface area contributed by atoms with Crippen molar-refractivity contribution in [2.24, 2.45) is 4.99 Å². The molecule has 2 aromatic carbocycles. The summed E-state index contributed by atoms with van der Waals surface area (Å²) in [6.45, 7) is 10.0. The fourth-order valence-electron chi connectivity index (χ4n) is 4.31. The van der Waals surface area contributed by atoms with Gasteiger partial charge in [0.15, 0.2) is 16.3 Å². The minimum atomic E-state index is -0.685. The van der Waals surface area contributed by atoms with Crippen LogP contribution in [0.25, 0.3) is 6.08 Å². The Labute approximate surface area is 225 Å². The predicted molar refractivity (Wildman–Crippen MR) is 147 cm³/mol. The molecule has 1 aliphatic heterocycles. The van der Waals surface area contributed by atoms with Crippen molar-refractivity contribution in [3.8, 4) is 17.2 Å². The van der Waals surface area contributed by atoms with E-state index in [-0.39, 0.29) is 18.3 Å². The van der Waals surface area contributed by atoms with Crippen molar-refractivity contribution < 1.29 is 23.7 Å². The van der Waals surface area contributed by atoms with Crippen LogP contribution >= 0.6 is 11.3 Å². The number of fused-ring (bicyclic) bond motifs is 1. The molecule has 1 atom stereocenters. The van der Waals surface area contributed by atoms with Crippen LogP contribution in [0.15, 0.2) is 63.5 Å². The summed E-state index contributed by atoms with van der Waals surface area (Å²) in [6, 6.07) is 12.2. The van der Waals surface area contributed by atoms with E-state index in [1.807, 2.05) is 57.2 Å². The number of carbonyl (C=O) groups excluding carboxylic acids is 1. The second-order valence-corrected chi connectivity index (χ2v) is 9.89. The standard InChI is InChI=1S/C29H32N2O6S/c1-7-35-23-15-19(9-14-22(23)34-6)16-24-27(32)31-26(20-10-12-21(13-11-20)37-17(3)4)25(28(33)36-8-2)18(5)30-29(31)38-24/h9-17,26H,7-8H2,1-6H3/t26-/m0/s1. The zero-order valence-corrected chi connectivity index (χ0v) is 23.3. The number of benzene rings is 2. The quantitative estimate of drug-likeness (QED) is 0.384. The minimum absolute atomic E-state index is 0.0250. The lowest BCUT2D eigenvalue weighted by Crippen LogP contribution is -2.39. The van der Waals surface area contributed by atoms with Gasteiger partial charge in [-0.25, -0.2) is 9.79 Å². The first-order chi connectivity index (χ1) is 18.3. The van der Waals surface area contributed by atoms with Gasteiger partial charge in [-0.1, -0.05) is 29.5 Å². The summed E-state index contributed by atoms with van der Waals surface area (Å²) in [5.74, 6) is 1.43. The summed E-state index contributed by atoms with van der Waals surface area (Å²) in [6.07, 6.45) is 1.82. The maximum Gasteiger partial charge on any atom is 0.338 e. The summed E-state index contributed by atoms with van der Waals surface area (Å²) < 4.78 is 24.3. The molecule has 4 rings (SSSR count). The van der Waals surface area contributed by atoms with Crippen molar-refractivity contribution in [3.63, 3.8) is 0 Å². The SMILES string of the molecule is CCOC(=O)C1=C(C)N=c2sc(=Cc3ccc(OC)c(OCC)c3)c(=O)n2[C@H]1c1ccc(OC(C)C)cc1. The van der Waals surface area contributed by atoms with Crippen LogP contribution in [0.2, 0.25) is 0 Å². The Morgan fingerprint density at radius 2 is 1.84 bits per heavy atom. The molecule has 0 radical (unpaired) electrons. The van der Waals surface area contributed by atoms with Crippen LogP contribution < -0.4 is 29.1 Å². The molecule has 200 valence electrons. The summed E-state index contributed by atoms with van der Waals surface area (Å²) >= 11 is 1.27. The Kier molecular flexibility index (Phi) is 8.36. The normalized spacial score (nSPS) is 15.2. The van der Waals surface area contributed by atoms with E-state index in [2.05, 4.69) is 4.99 Å². The second kappa shape index (κ2) is 11.7. The third kappa shape index (κ3) is 5.52. The maximum absolute atomic E-state index is 13.8. The Balaban J connectivity index is 1.87. The van der Waals surface area contributed by atoms with Crippen LogP contribution in [0, 0.1) is 0 Å². The molecule has 0 spiro atoms. The number of esters is 1. The number of carbonyl (C=O) groups is 1. The van der Waals surface area contributed by atoms with Crippen LogP contribution in [0.5, 0.6) is 17.2 Å². The molecule has 0 N–H and O–H groups in total. The highest BCUT2D eigenvalue weighted by atomic mass is 32.1. The lowest BCUT2D eigenvalue weighted by molar-refractivity contribution is -0.139. The molecule has 1 aromatic heterocycles. The number of hydrogen-bond donors (Lipinski definition) is 0. The zero-order chi connectivity index (χ0) is 27.4. The average molecular weight is 537 g/mol. The van der Waals surface area contributed by atoms with E-state index in [1.54, 1.807) is 37.7 Å². The van der Waals surface area contributed by atoms with Crippen molar-refractivity contribution in [2.45, 2.75) is 46.8 Å². The fraction of sp³-hybridized carbons (Fsp3) is 0.345. The summed E-state index contributed by atoms with van der Waals surface area (Å²) in [5.41, 5.74) is 2.16. The van der Waals surface area contributed by atoms with Crippen molar-refractivity contribution in [1.82, 2.24) is 4.57 Å². The molecule has 8 nitrogen and oxygen atoms in total. The first-order valence-electron chi connectivity index (χ1n) is 12.5. The van der Waals surface area contributed by atoms with Gasteiger partial charge in [0.2, 0.25) is 0 Å². The topological polar surface area (TPSA) is 88.4 Å². The van der Waals surface area contributed by atoms with E-state index < -0.39 is 12.0 Å². The van der Waals surface area contributed by atoms with Crippen LogP contribution in [0.3, 0.4) is 0 Å². The van der Waals surface area contributed by atoms with E-state index >= 15 is 0 Å². The van der Waals surface area contributed by atoms with Crippen LogP contribution in [-0.4, -0.2) is 37.0 Å². The van der Waals surface area contributed by atoms with Gasteiger partial charge >= 0.3 is 5.97 Å². The number of thiazole rings is 1.